The summed E-state index contributed by atoms with van der Waals surface area (Å²) in [5.74, 6) is 0. The number of hydrogen-bond donors (Lipinski definition) is 1. The topological polar surface area (TPSA) is 20.2 Å². The highest BCUT2D eigenvalue weighted by molar-refractivity contribution is 9.24. The second-order valence-corrected chi connectivity index (χ2v) is 5.67. The average molecular weight is 258 g/mol. The molecular weight excluding hydrogens is 248 g/mol. The lowest BCUT2D eigenvalue weighted by Gasteiger charge is -2.23. The van der Waals surface area contributed by atoms with Crippen molar-refractivity contribution >= 4 is 31.9 Å². The smallest absolute Gasteiger partial charge is 0.0983 e. The second kappa shape index (κ2) is 2.89. The van der Waals surface area contributed by atoms with Crippen molar-refractivity contribution in [1.82, 2.24) is 0 Å². The number of rotatable bonds is 1. The Hall–Kier alpha value is 0.920. The van der Waals surface area contributed by atoms with E-state index in [2.05, 4.69) is 31.9 Å². The van der Waals surface area contributed by atoms with Crippen LogP contribution in [0.25, 0.3) is 0 Å². The Morgan fingerprint density at radius 2 is 1.67 bits per heavy atom. The van der Waals surface area contributed by atoms with Crippen molar-refractivity contribution in [2.75, 3.05) is 0 Å². The van der Waals surface area contributed by atoms with E-state index < -0.39 is 5.60 Å². The van der Waals surface area contributed by atoms with Crippen LogP contribution >= 0.6 is 31.9 Å². The van der Waals surface area contributed by atoms with Crippen LogP contribution in [-0.4, -0.2) is 14.4 Å². The predicted octanol–water partition coefficient (Wildman–Crippen LogP) is 2.41. The fraction of sp³-hybridized carbons (Fsp3) is 1.00. The van der Waals surface area contributed by atoms with E-state index in [9.17, 15) is 5.11 Å². The van der Waals surface area contributed by atoms with E-state index in [1.165, 1.54) is 0 Å². The van der Waals surface area contributed by atoms with Gasteiger partial charge in [0.15, 0.2) is 0 Å². The molecule has 3 heteroatoms. The molecule has 0 aliphatic heterocycles. The number of hydrogen-bond acceptors (Lipinski definition) is 1. The number of alkyl halides is 2. The van der Waals surface area contributed by atoms with Crippen molar-refractivity contribution in [2.45, 2.75) is 35.0 Å². The summed E-state index contributed by atoms with van der Waals surface area (Å²) in [7, 11) is 0. The van der Waals surface area contributed by atoms with Crippen LogP contribution < -0.4 is 0 Å². The molecule has 0 aromatic heterocycles. The van der Waals surface area contributed by atoms with Gasteiger partial charge in [0, 0.05) is 0 Å². The lowest BCUT2D eigenvalue weighted by molar-refractivity contribution is 0.0682. The van der Waals surface area contributed by atoms with Gasteiger partial charge in [0.1, 0.15) is 0 Å². The normalized spacial score (nSPS) is 25.3. The first kappa shape index (κ1) is 8.02. The van der Waals surface area contributed by atoms with Gasteiger partial charge in [-0.1, -0.05) is 44.7 Å². The molecule has 0 atom stereocenters. The minimum atomic E-state index is -0.472. The monoisotopic (exact) mass is 256 g/mol. The Morgan fingerprint density at radius 3 is 1.89 bits per heavy atom. The third-order valence-electron chi connectivity index (χ3n) is 1.88. The van der Waals surface area contributed by atoms with Crippen LogP contribution in [-0.2, 0) is 0 Å². The van der Waals surface area contributed by atoms with Gasteiger partial charge in [-0.15, -0.1) is 0 Å². The highest BCUT2D eigenvalue weighted by Gasteiger charge is 2.36. The van der Waals surface area contributed by atoms with Crippen LogP contribution in [0.2, 0.25) is 0 Å². The molecule has 1 nitrogen and oxygen atoms in total. The number of aliphatic hydroxyl groups is 1. The molecule has 1 N–H and O–H groups in total. The Bertz CT molecular complexity index is 97.2. The highest BCUT2D eigenvalue weighted by atomic mass is 79.9. The molecule has 0 aromatic carbocycles. The quantitative estimate of drug-likeness (QED) is 0.716. The molecule has 0 heterocycles. The molecule has 54 valence electrons. The molecule has 0 radical (unpaired) electrons. The van der Waals surface area contributed by atoms with Crippen molar-refractivity contribution in [3.63, 3.8) is 0 Å². The largest absolute Gasteiger partial charge is 0.388 e. The fourth-order valence-corrected chi connectivity index (χ4v) is 2.12. The van der Waals surface area contributed by atoms with Gasteiger partial charge in [0.05, 0.1) is 9.34 Å². The summed E-state index contributed by atoms with van der Waals surface area (Å²) in [4.78, 5) is 0. The Balaban J connectivity index is 2.51. The first-order valence-electron chi connectivity index (χ1n) is 3.16. The fourth-order valence-electron chi connectivity index (χ4n) is 1.21. The number of halogens is 2. The zero-order chi connectivity index (χ0) is 6.91. The lowest BCUT2D eigenvalue weighted by Crippen LogP contribution is -2.31. The van der Waals surface area contributed by atoms with E-state index in [4.69, 9.17) is 0 Å². The third-order valence-corrected chi connectivity index (χ3v) is 3.58. The Morgan fingerprint density at radius 1 is 1.22 bits per heavy atom. The van der Waals surface area contributed by atoms with Crippen LogP contribution in [0.15, 0.2) is 0 Å². The molecule has 1 rings (SSSR count). The van der Waals surface area contributed by atoms with Crippen LogP contribution in [0, 0.1) is 0 Å². The van der Waals surface area contributed by atoms with E-state index in [0.29, 0.717) is 0 Å². The van der Waals surface area contributed by atoms with Crippen molar-refractivity contribution in [3.05, 3.63) is 0 Å². The van der Waals surface area contributed by atoms with Gasteiger partial charge in [0.2, 0.25) is 0 Å². The molecule has 0 aromatic rings. The van der Waals surface area contributed by atoms with Crippen molar-refractivity contribution in [3.8, 4) is 0 Å². The molecular formula is C6H10Br2O. The summed E-state index contributed by atoms with van der Waals surface area (Å²) in [6.07, 6.45) is 4.16. The molecule has 0 spiro atoms. The van der Waals surface area contributed by atoms with Crippen LogP contribution in [0.5, 0.6) is 0 Å². The minimum absolute atomic E-state index is 0.0694. The first-order chi connectivity index (χ1) is 4.15. The van der Waals surface area contributed by atoms with Gasteiger partial charge in [-0.25, -0.2) is 0 Å². The summed E-state index contributed by atoms with van der Waals surface area (Å²) in [6.45, 7) is 0. The van der Waals surface area contributed by atoms with E-state index in [-0.39, 0.29) is 3.74 Å². The maximum Gasteiger partial charge on any atom is 0.0983 e. The standard InChI is InChI=1S/C6H10Br2O/c7-5(8)6(9)3-1-2-4-6/h5,9H,1-4H2. The molecule has 1 saturated carbocycles. The highest BCUT2D eigenvalue weighted by Crippen LogP contribution is 2.38. The first-order valence-corrected chi connectivity index (χ1v) is 4.99. The van der Waals surface area contributed by atoms with Crippen LogP contribution in [0.3, 0.4) is 0 Å². The molecule has 0 unspecified atom stereocenters. The minimum Gasteiger partial charge on any atom is -0.388 e. The summed E-state index contributed by atoms with van der Waals surface area (Å²) in [5.41, 5.74) is -0.472. The van der Waals surface area contributed by atoms with E-state index >= 15 is 0 Å². The average Bonchev–Trinajstić information content (AvgIpc) is 2.16. The SMILES string of the molecule is OC1(C(Br)Br)CCCC1. The molecule has 1 fully saturated rings. The molecule has 1 aliphatic carbocycles. The summed E-state index contributed by atoms with van der Waals surface area (Å²) in [6, 6.07) is 0. The Labute approximate surface area is 72.1 Å². The van der Waals surface area contributed by atoms with Crippen LogP contribution in [0.1, 0.15) is 25.7 Å². The molecule has 0 amide bonds. The lowest BCUT2D eigenvalue weighted by atomic mass is 10.1. The summed E-state index contributed by atoms with van der Waals surface area (Å²) < 4.78 is 0.0694. The van der Waals surface area contributed by atoms with Gasteiger partial charge in [-0.3, -0.25) is 0 Å². The van der Waals surface area contributed by atoms with E-state index in [1.807, 2.05) is 0 Å². The van der Waals surface area contributed by atoms with Crippen molar-refractivity contribution in [1.29, 1.82) is 0 Å². The molecule has 1 aliphatic rings. The molecule has 9 heavy (non-hydrogen) atoms. The van der Waals surface area contributed by atoms with Gasteiger partial charge in [0.25, 0.3) is 0 Å². The third kappa shape index (κ3) is 1.69. The molecule has 0 saturated heterocycles. The maximum absolute atomic E-state index is 9.67. The van der Waals surface area contributed by atoms with Crippen molar-refractivity contribution < 1.29 is 5.11 Å². The van der Waals surface area contributed by atoms with Crippen molar-refractivity contribution in [2.24, 2.45) is 0 Å². The molecule has 0 bridgehead atoms. The summed E-state index contributed by atoms with van der Waals surface area (Å²) >= 11 is 6.65. The summed E-state index contributed by atoms with van der Waals surface area (Å²) in [5, 5.41) is 9.67. The second-order valence-electron chi connectivity index (χ2n) is 2.61. The van der Waals surface area contributed by atoms with Gasteiger partial charge < -0.3 is 5.11 Å². The maximum atomic E-state index is 9.67. The van der Waals surface area contributed by atoms with Crippen LogP contribution in [0.4, 0.5) is 0 Å². The predicted molar refractivity (Wildman–Crippen MR) is 45.1 cm³/mol. The van der Waals surface area contributed by atoms with E-state index in [1.54, 1.807) is 0 Å². The van der Waals surface area contributed by atoms with Gasteiger partial charge in [-0.05, 0) is 12.8 Å². The Kier molecular flexibility index (Phi) is 2.57. The van der Waals surface area contributed by atoms with E-state index in [0.717, 1.165) is 25.7 Å². The van der Waals surface area contributed by atoms with Gasteiger partial charge >= 0.3 is 0 Å². The van der Waals surface area contributed by atoms with Gasteiger partial charge in [-0.2, -0.15) is 0 Å². The zero-order valence-corrected chi connectivity index (χ0v) is 8.28. The zero-order valence-electron chi connectivity index (χ0n) is 5.11.